The van der Waals surface area contributed by atoms with Crippen LogP contribution >= 0.6 is 0 Å². The van der Waals surface area contributed by atoms with Crippen LogP contribution in [0.15, 0.2) is 42.7 Å². The van der Waals surface area contributed by atoms with E-state index in [-0.39, 0.29) is 29.2 Å². The lowest BCUT2D eigenvalue weighted by Gasteiger charge is -2.45. The summed E-state index contributed by atoms with van der Waals surface area (Å²) in [6, 6.07) is 8.99. The first-order valence-corrected chi connectivity index (χ1v) is 14.7. The van der Waals surface area contributed by atoms with E-state index in [1.54, 1.807) is 4.90 Å². The first-order chi connectivity index (χ1) is 19.7. The van der Waals surface area contributed by atoms with Crippen LogP contribution in [0.2, 0.25) is 0 Å². The second-order valence-corrected chi connectivity index (χ2v) is 12.8. The number of likely N-dealkylation sites (tertiary alicyclic amines) is 1. The van der Waals surface area contributed by atoms with E-state index >= 15 is 0 Å². The smallest absolute Gasteiger partial charge is 0.259 e. The summed E-state index contributed by atoms with van der Waals surface area (Å²) in [6.07, 6.45) is 10.1. The highest BCUT2D eigenvalue weighted by atomic mass is 16.2. The maximum absolute atomic E-state index is 13.5. The lowest BCUT2D eigenvalue weighted by molar-refractivity contribution is -0.148. The number of benzene rings is 2. The second-order valence-electron chi connectivity index (χ2n) is 12.8. The largest absolute Gasteiger partial charge is 0.342 e. The Bertz CT molecular complexity index is 1610. The number of nitrogens with one attached hydrogen (secondary N) is 1. The zero-order valence-electron chi connectivity index (χ0n) is 23.6. The molecule has 4 amide bonds. The Morgan fingerprint density at radius 3 is 2.54 bits per heavy atom. The van der Waals surface area contributed by atoms with Crippen LogP contribution in [0.3, 0.4) is 0 Å². The number of nitrogens with zero attached hydrogens (tertiary/aromatic N) is 4. The van der Waals surface area contributed by atoms with Gasteiger partial charge in [0.05, 0.1) is 17.4 Å². The number of rotatable bonds is 5. The molecule has 7 rings (SSSR count). The summed E-state index contributed by atoms with van der Waals surface area (Å²) >= 11 is 0. The van der Waals surface area contributed by atoms with Gasteiger partial charge in [-0.25, -0.2) is 0 Å². The lowest BCUT2D eigenvalue weighted by Crippen LogP contribution is -2.53. The van der Waals surface area contributed by atoms with Gasteiger partial charge in [-0.15, -0.1) is 0 Å². The average Bonchev–Trinajstić information content (AvgIpc) is 3.53. The normalized spacial score (nSPS) is 23.1. The molecule has 3 aromatic rings. The minimum absolute atomic E-state index is 0.146. The summed E-state index contributed by atoms with van der Waals surface area (Å²) in [5.74, 6) is -0.608. The van der Waals surface area contributed by atoms with Gasteiger partial charge in [0.1, 0.15) is 6.04 Å². The number of carbonyl (C=O) groups excluding carboxylic acids is 4. The van der Waals surface area contributed by atoms with Gasteiger partial charge in [-0.1, -0.05) is 31.5 Å². The number of amides is 4. The van der Waals surface area contributed by atoms with Crippen molar-refractivity contribution in [2.75, 3.05) is 18.0 Å². The number of hydrogen-bond acceptors (Lipinski definition) is 5. The maximum atomic E-state index is 13.5. The molecule has 212 valence electrons. The molecule has 4 aliphatic rings. The van der Waals surface area contributed by atoms with Gasteiger partial charge in [0, 0.05) is 48.5 Å². The fourth-order valence-corrected chi connectivity index (χ4v) is 7.15. The fourth-order valence-electron chi connectivity index (χ4n) is 7.15. The topological polar surface area (TPSA) is 105 Å². The molecule has 0 spiro atoms. The van der Waals surface area contributed by atoms with Crippen LogP contribution in [0.1, 0.15) is 80.3 Å². The molecule has 1 aliphatic carbocycles. The standard InChI is InChI=1S/C32H35N5O4/c1-31(11-4-12-31)30(41)35-15-13-32(2,14-16-35)36-19-20(18-33-36)17-21-7-8-24-27-22(21)5-3-6-23(27)29(40)37(24)25-9-10-26(38)34-28(25)39/h3,5-8,18-19,25H,4,9-17H2,1-2H3,(H,34,38,39). The molecule has 3 fully saturated rings. The molecule has 1 aromatic heterocycles. The molecular weight excluding hydrogens is 518 g/mol. The lowest BCUT2D eigenvalue weighted by atomic mass is 9.69. The predicted molar refractivity (Wildman–Crippen MR) is 153 cm³/mol. The SMILES string of the molecule is CC1(C(=O)N2CCC(C)(n3cc(Cc4ccc5c6c(cccc46)C(=O)N5C4CCC(=O)NC4=O)cn3)CC2)CCC1. The average molecular weight is 554 g/mol. The van der Waals surface area contributed by atoms with Crippen LogP contribution in [0.4, 0.5) is 5.69 Å². The molecule has 1 saturated carbocycles. The van der Waals surface area contributed by atoms with Crippen LogP contribution in [0, 0.1) is 5.41 Å². The van der Waals surface area contributed by atoms with Crippen LogP contribution in [0.25, 0.3) is 10.8 Å². The molecule has 9 nitrogen and oxygen atoms in total. The third-order valence-electron chi connectivity index (χ3n) is 10.0. The monoisotopic (exact) mass is 553 g/mol. The van der Waals surface area contributed by atoms with Crippen molar-refractivity contribution in [2.24, 2.45) is 5.41 Å². The van der Waals surface area contributed by atoms with E-state index in [9.17, 15) is 19.2 Å². The first kappa shape index (κ1) is 25.9. The summed E-state index contributed by atoms with van der Waals surface area (Å²) in [4.78, 5) is 54.4. The van der Waals surface area contributed by atoms with Gasteiger partial charge < -0.3 is 4.90 Å². The van der Waals surface area contributed by atoms with Gasteiger partial charge >= 0.3 is 0 Å². The molecule has 4 heterocycles. The summed E-state index contributed by atoms with van der Waals surface area (Å²) in [6.45, 7) is 5.85. The van der Waals surface area contributed by atoms with E-state index in [4.69, 9.17) is 5.10 Å². The Labute approximate surface area is 238 Å². The van der Waals surface area contributed by atoms with Crippen LogP contribution in [0.5, 0.6) is 0 Å². The molecule has 9 heteroatoms. The third-order valence-corrected chi connectivity index (χ3v) is 10.0. The zero-order valence-corrected chi connectivity index (χ0v) is 23.6. The van der Waals surface area contributed by atoms with Gasteiger partial charge in [-0.05, 0) is 67.7 Å². The number of hydrogen-bond donors (Lipinski definition) is 1. The number of carbonyl (C=O) groups is 4. The Hall–Kier alpha value is -4.01. The molecule has 0 radical (unpaired) electrons. The molecule has 1 N–H and O–H groups in total. The van der Waals surface area contributed by atoms with Crippen molar-refractivity contribution < 1.29 is 19.2 Å². The summed E-state index contributed by atoms with van der Waals surface area (Å²) in [5, 5.41) is 8.98. The van der Waals surface area contributed by atoms with Gasteiger partial charge in [0.25, 0.3) is 5.91 Å². The zero-order chi connectivity index (χ0) is 28.5. The molecule has 3 aliphatic heterocycles. The Kier molecular flexibility index (Phi) is 5.85. The minimum Gasteiger partial charge on any atom is -0.342 e. The molecule has 0 bridgehead atoms. The van der Waals surface area contributed by atoms with Gasteiger partial charge in [0.2, 0.25) is 17.7 Å². The molecule has 1 atom stereocenters. The number of imide groups is 1. The van der Waals surface area contributed by atoms with E-state index in [0.29, 0.717) is 24.3 Å². The summed E-state index contributed by atoms with van der Waals surface area (Å²) < 4.78 is 2.07. The van der Waals surface area contributed by atoms with Crippen molar-refractivity contribution in [1.29, 1.82) is 0 Å². The Morgan fingerprint density at radius 2 is 1.83 bits per heavy atom. The van der Waals surface area contributed by atoms with Crippen LogP contribution < -0.4 is 10.2 Å². The molecule has 41 heavy (non-hydrogen) atoms. The second kappa shape index (κ2) is 9.26. The van der Waals surface area contributed by atoms with Gasteiger partial charge in [-0.2, -0.15) is 5.10 Å². The van der Waals surface area contributed by atoms with Gasteiger partial charge in [-0.3, -0.25) is 34.1 Å². The highest BCUT2D eigenvalue weighted by Gasteiger charge is 2.44. The fraction of sp³-hybridized carbons (Fsp3) is 0.469. The maximum Gasteiger partial charge on any atom is 0.259 e. The van der Waals surface area contributed by atoms with E-state index < -0.39 is 11.9 Å². The quantitative estimate of drug-likeness (QED) is 0.483. The van der Waals surface area contributed by atoms with Crippen molar-refractivity contribution in [3.8, 4) is 0 Å². The summed E-state index contributed by atoms with van der Waals surface area (Å²) in [5.41, 5.74) is 3.17. The predicted octanol–water partition coefficient (Wildman–Crippen LogP) is 3.92. The highest BCUT2D eigenvalue weighted by Crippen LogP contribution is 2.44. The van der Waals surface area contributed by atoms with Crippen LogP contribution in [-0.2, 0) is 26.3 Å². The molecule has 2 saturated heterocycles. The van der Waals surface area contributed by atoms with E-state index in [0.717, 1.165) is 72.8 Å². The van der Waals surface area contributed by atoms with Crippen molar-refractivity contribution in [1.82, 2.24) is 20.0 Å². The third kappa shape index (κ3) is 4.08. The minimum atomic E-state index is -0.695. The number of anilines is 1. The molecule has 2 aromatic carbocycles. The van der Waals surface area contributed by atoms with Gasteiger partial charge in [0.15, 0.2) is 0 Å². The van der Waals surface area contributed by atoms with E-state index in [1.807, 2.05) is 36.5 Å². The van der Waals surface area contributed by atoms with Crippen molar-refractivity contribution in [3.05, 3.63) is 59.4 Å². The highest BCUT2D eigenvalue weighted by molar-refractivity contribution is 6.27. The van der Waals surface area contributed by atoms with Crippen molar-refractivity contribution >= 4 is 40.1 Å². The van der Waals surface area contributed by atoms with Crippen molar-refractivity contribution in [3.63, 3.8) is 0 Å². The Balaban J connectivity index is 1.11. The molecular formula is C32H35N5O4. The summed E-state index contributed by atoms with van der Waals surface area (Å²) in [7, 11) is 0. The van der Waals surface area contributed by atoms with E-state index in [2.05, 4.69) is 34.9 Å². The van der Waals surface area contributed by atoms with E-state index in [1.165, 1.54) is 0 Å². The van der Waals surface area contributed by atoms with Crippen molar-refractivity contribution in [2.45, 2.75) is 76.8 Å². The number of piperidine rings is 2. The number of aromatic nitrogens is 2. The Morgan fingerprint density at radius 1 is 1.05 bits per heavy atom. The van der Waals surface area contributed by atoms with Crippen LogP contribution in [-0.4, -0.2) is 57.4 Å². The first-order valence-electron chi connectivity index (χ1n) is 14.7. The molecule has 1 unspecified atom stereocenters.